The summed E-state index contributed by atoms with van der Waals surface area (Å²) in [5.41, 5.74) is 0.993. The van der Waals surface area contributed by atoms with Crippen molar-refractivity contribution in [3.8, 4) is 0 Å². The van der Waals surface area contributed by atoms with Crippen molar-refractivity contribution in [2.24, 2.45) is 0 Å². The van der Waals surface area contributed by atoms with Crippen LogP contribution in [0.25, 0.3) is 0 Å². The second-order valence-corrected chi connectivity index (χ2v) is 7.62. The lowest BCUT2D eigenvalue weighted by Gasteiger charge is -2.42. The molecule has 0 N–H and O–H groups in total. The number of hydrogen-bond acceptors (Lipinski definition) is 4. The molecule has 0 aliphatic carbocycles. The molecule has 1 fully saturated rings. The number of quaternary nitrogens is 1. The number of carbonyl (C=O) groups excluding carboxylic acids is 1. The van der Waals surface area contributed by atoms with Gasteiger partial charge < -0.3 is 13.9 Å². The van der Waals surface area contributed by atoms with Gasteiger partial charge in [0.25, 0.3) is 0 Å². The van der Waals surface area contributed by atoms with Gasteiger partial charge in [0.2, 0.25) is 5.91 Å². The summed E-state index contributed by atoms with van der Waals surface area (Å²) in [5, 5.41) is 0. The first-order valence-electron chi connectivity index (χ1n) is 7.36. The Morgan fingerprint density at radius 2 is 1.82 bits per heavy atom. The van der Waals surface area contributed by atoms with Crippen molar-refractivity contribution >= 4 is 16.0 Å². The Hall–Kier alpha value is -1.44. The van der Waals surface area contributed by atoms with Gasteiger partial charge in [-0.3, -0.25) is 4.79 Å². The predicted molar refractivity (Wildman–Crippen MR) is 82.1 cm³/mol. The molecule has 6 nitrogen and oxygen atoms in total. The fourth-order valence-electron chi connectivity index (χ4n) is 2.64. The summed E-state index contributed by atoms with van der Waals surface area (Å²) in [7, 11) is -2.24. The van der Waals surface area contributed by atoms with Crippen LogP contribution in [0.3, 0.4) is 0 Å². The number of piperazine rings is 1. The van der Waals surface area contributed by atoms with Crippen molar-refractivity contribution in [2.75, 3.05) is 45.5 Å². The average Bonchev–Trinajstić information content (AvgIpc) is 2.46. The summed E-state index contributed by atoms with van der Waals surface area (Å²) in [6, 6.07) is 9.61. The number of carbonyl (C=O) groups is 1. The van der Waals surface area contributed by atoms with Crippen molar-refractivity contribution in [2.45, 2.75) is 6.42 Å². The first kappa shape index (κ1) is 16.9. The fourth-order valence-corrected chi connectivity index (χ4v) is 3.30. The molecule has 1 aromatic carbocycles. The molecule has 22 heavy (non-hydrogen) atoms. The number of benzene rings is 1. The fraction of sp³-hybridized carbons (Fsp3) is 0.533. The van der Waals surface area contributed by atoms with E-state index in [0.29, 0.717) is 43.6 Å². The Kier molecular flexibility index (Phi) is 5.20. The molecular weight excluding hydrogens is 304 g/mol. The summed E-state index contributed by atoms with van der Waals surface area (Å²) < 4.78 is 32.8. The molecule has 7 heteroatoms. The lowest BCUT2D eigenvalue weighted by atomic mass is 10.1. The second kappa shape index (κ2) is 6.76. The normalized spacial score (nSPS) is 18.2. The number of likely N-dealkylation sites (N-methyl/N-ethyl adjacent to an activating group) is 1. The van der Waals surface area contributed by atoms with Crippen molar-refractivity contribution in [3.63, 3.8) is 0 Å². The Morgan fingerprint density at radius 1 is 1.23 bits per heavy atom. The van der Waals surface area contributed by atoms with Crippen LogP contribution in [0.1, 0.15) is 5.56 Å². The van der Waals surface area contributed by atoms with Gasteiger partial charge in [0, 0.05) is 0 Å². The Balaban J connectivity index is 1.85. The largest absolute Gasteiger partial charge is 0.748 e. The van der Waals surface area contributed by atoms with Crippen LogP contribution in [0.15, 0.2) is 30.3 Å². The Labute approximate surface area is 131 Å². The van der Waals surface area contributed by atoms with Crippen LogP contribution >= 0.6 is 0 Å². The van der Waals surface area contributed by atoms with Crippen LogP contribution in [0, 0.1) is 0 Å². The molecule has 1 aromatic rings. The van der Waals surface area contributed by atoms with Crippen LogP contribution < -0.4 is 0 Å². The second-order valence-electron chi connectivity index (χ2n) is 6.10. The summed E-state index contributed by atoms with van der Waals surface area (Å²) in [6.45, 7) is 2.86. The monoisotopic (exact) mass is 326 g/mol. The molecule has 0 saturated carbocycles. The molecule has 2 rings (SSSR count). The zero-order chi connectivity index (χ0) is 16.2. The van der Waals surface area contributed by atoms with Crippen LogP contribution in [-0.4, -0.2) is 73.8 Å². The lowest BCUT2D eigenvalue weighted by molar-refractivity contribution is -0.910. The van der Waals surface area contributed by atoms with Gasteiger partial charge in [0.1, 0.15) is 10.1 Å². The smallest absolute Gasteiger partial charge is 0.227 e. The van der Waals surface area contributed by atoms with E-state index in [1.54, 1.807) is 0 Å². The minimum Gasteiger partial charge on any atom is -0.748 e. The van der Waals surface area contributed by atoms with Crippen LogP contribution in [0.2, 0.25) is 0 Å². The number of nitrogens with zero attached hydrogens (tertiary/aromatic N) is 2. The summed E-state index contributed by atoms with van der Waals surface area (Å²) in [5.74, 6) is -0.254. The molecule has 1 heterocycles. The van der Waals surface area contributed by atoms with E-state index in [-0.39, 0.29) is 11.7 Å². The highest BCUT2D eigenvalue weighted by molar-refractivity contribution is 7.85. The lowest BCUT2D eigenvalue weighted by Crippen LogP contribution is -2.59. The quantitative estimate of drug-likeness (QED) is 0.566. The maximum Gasteiger partial charge on any atom is 0.227 e. The standard InChI is InChI=1S/C15H22N2O4S/c1-17(11-12-22(19,20)21)9-7-16(8-10-17)15(18)13-14-5-3-2-4-6-14/h2-6H,7-13H2,1H3. The zero-order valence-corrected chi connectivity index (χ0v) is 13.6. The van der Waals surface area contributed by atoms with Gasteiger partial charge in [0.15, 0.2) is 0 Å². The van der Waals surface area contributed by atoms with E-state index < -0.39 is 10.1 Å². The van der Waals surface area contributed by atoms with E-state index in [0.717, 1.165) is 5.56 Å². The third-order valence-corrected chi connectivity index (χ3v) is 4.93. The van der Waals surface area contributed by atoms with E-state index in [4.69, 9.17) is 0 Å². The third kappa shape index (κ3) is 5.08. The van der Waals surface area contributed by atoms with Crippen molar-refractivity contribution < 1.29 is 22.2 Å². The van der Waals surface area contributed by atoms with Crippen molar-refractivity contribution in [1.82, 2.24) is 4.90 Å². The van der Waals surface area contributed by atoms with Gasteiger partial charge >= 0.3 is 0 Å². The SMILES string of the molecule is C[N+]1(CCS(=O)(=O)[O-])CCN(C(=O)Cc2ccccc2)CC1. The molecule has 0 aromatic heterocycles. The van der Waals surface area contributed by atoms with E-state index in [2.05, 4.69) is 0 Å². The first-order valence-corrected chi connectivity index (χ1v) is 8.94. The van der Waals surface area contributed by atoms with E-state index in [1.165, 1.54) is 0 Å². The molecule has 1 aliphatic heterocycles. The van der Waals surface area contributed by atoms with Crippen LogP contribution in [0.5, 0.6) is 0 Å². The molecule has 0 bridgehead atoms. The molecule has 0 radical (unpaired) electrons. The minimum absolute atomic E-state index is 0.0916. The van der Waals surface area contributed by atoms with Crippen molar-refractivity contribution in [1.29, 1.82) is 0 Å². The molecule has 0 spiro atoms. The van der Waals surface area contributed by atoms with Gasteiger partial charge in [-0.05, 0) is 5.56 Å². The highest BCUT2D eigenvalue weighted by atomic mass is 32.2. The molecule has 0 unspecified atom stereocenters. The minimum atomic E-state index is -4.18. The number of hydrogen-bond donors (Lipinski definition) is 0. The molecule has 1 saturated heterocycles. The van der Waals surface area contributed by atoms with E-state index in [1.807, 2.05) is 42.3 Å². The maximum absolute atomic E-state index is 12.3. The van der Waals surface area contributed by atoms with Gasteiger partial charge in [-0.2, -0.15) is 0 Å². The Morgan fingerprint density at radius 3 is 2.36 bits per heavy atom. The molecular formula is C15H22N2O4S. The van der Waals surface area contributed by atoms with Gasteiger partial charge in [-0.1, -0.05) is 30.3 Å². The third-order valence-electron chi connectivity index (χ3n) is 4.25. The van der Waals surface area contributed by atoms with E-state index >= 15 is 0 Å². The van der Waals surface area contributed by atoms with Gasteiger partial charge in [-0.25, -0.2) is 8.42 Å². The average molecular weight is 326 g/mol. The van der Waals surface area contributed by atoms with Gasteiger partial charge in [-0.15, -0.1) is 0 Å². The number of amides is 1. The topological polar surface area (TPSA) is 77.5 Å². The highest BCUT2D eigenvalue weighted by Gasteiger charge is 2.30. The first-order chi connectivity index (χ1) is 10.3. The predicted octanol–water partition coefficient (Wildman–Crippen LogP) is 0.0631. The highest BCUT2D eigenvalue weighted by Crippen LogP contribution is 2.12. The molecule has 122 valence electrons. The summed E-state index contributed by atoms with van der Waals surface area (Å²) in [4.78, 5) is 14.1. The summed E-state index contributed by atoms with van der Waals surface area (Å²) >= 11 is 0. The van der Waals surface area contributed by atoms with Gasteiger partial charge in [0.05, 0.1) is 51.9 Å². The number of rotatable bonds is 5. The summed E-state index contributed by atoms with van der Waals surface area (Å²) in [6.07, 6.45) is 0.388. The zero-order valence-electron chi connectivity index (χ0n) is 12.8. The van der Waals surface area contributed by atoms with Crippen molar-refractivity contribution in [3.05, 3.63) is 35.9 Å². The molecule has 1 aliphatic rings. The maximum atomic E-state index is 12.3. The Bertz CT molecular complexity index is 608. The van der Waals surface area contributed by atoms with Crippen LogP contribution in [0.4, 0.5) is 0 Å². The van der Waals surface area contributed by atoms with Crippen LogP contribution in [-0.2, 0) is 21.3 Å². The van der Waals surface area contributed by atoms with E-state index in [9.17, 15) is 17.8 Å². The molecule has 0 atom stereocenters. The molecule has 1 amide bonds.